The Balaban J connectivity index is 0.000000569. The highest BCUT2D eigenvalue weighted by molar-refractivity contribution is 6.27. The minimum absolute atomic E-state index is 0.0312. The van der Waals surface area contributed by atoms with E-state index < -0.39 is 11.9 Å². The molecule has 2 saturated heterocycles. The summed E-state index contributed by atoms with van der Waals surface area (Å²) in [5.41, 5.74) is 1.24. The lowest BCUT2D eigenvalue weighted by atomic mass is 10.1. The summed E-state index contributed by atoms with van der Waals surface area (Å²) in [4.78, 5) is 48.2. The Bertz CT molecular complexity index is 860. The zero-order valence-electron chi connectivity index (χ0n) is 18.4. The van der Waals surface area contributed by atoms with Crippen LogP contribution in [0, 0.1) is 11.3 Å². The number of rotatable bonds is 8. The van der Waals surface area contributed by atoms with Gasteiger partial charge in [0, 0.05) is 39.3 Å². The Kier molecular flexibility index (Phi) is 10.1. The molecule has 1 atom stereocenters. The largest absolute Gasteiger partial charge is 0.473 e. The molecule has 2 fully saturated rings. The number of urea groups is 1. The molecule has 2 heterocycles. The van der Waals surface area contributed by atoms with Crippen LogP contribution < -0.4 is 5.32 Å². The highest BCUT2D eigenvalue weighted by Gasteiger charge is 2.29. The van der Waals surface area contributed by atoms with Crippen LogP contribution in [0.1, 0.15) is 18.4 Å². The molecule has 0 saturated carbocycles. The molecule has 0 aliphatic carbocycles. The van der Waals surface area contributed by atoms with Gasteiger partial charge in [-0.15, -0.1) is 0 Å². The van der Waals surface area contributed by atoms with Gasteiger partial charge in [-0.3, -0.25) is 4.79 Å². The van der Waals surface area contributed by atoms with Crippen molar-refractivity contribution in [2.75, 3.05) is 45.8 Å². The number of carboxylic acids is 2. The quantitative estimate of drug-likeness (QED) is 0.369. The van der Waals surface area contributed by atoms with Gasteiger partial charge in [-0.25, -0.2) is 14.4 Å². The van der Waals surface area contributed by atoms with Crippen LogP contribution in [0.2, 0.25) is 0 Å². The van der Waals surface area contributed by atoms with E-state index in [1.807, 2.05) is 28.0 Å². The van der Waals surface area contributed by atoms with Crippen molar-refractivity contribution in [3.8, 4) is 6.07 Å². The maximum Gasteiger partial charge on any atom is 0.414 e. The molecule has 178 valence electrons. The summed E-state index contributed by atoms with van der Waals surface area (Å²) in [5.74, 6) is -3.68. The van der Waals surface area contributed by atoms with Crippen LogP contribution >= 0.6 is 0 Å². The van der Waals surface area contributed by atoms with Crippen molar-refractivity contribution in [2.24, 2.45) is 0 Å². The fourth-order valence-corrected chi connectivity index (χ4v) is 3.67. The Morgan fingerprint density at radius 3 is 2.27 bits per heavy atom. The normalized spacial score (nSPS) is 17.4. The van der Waals surface area contributed by atoms with E-state index in [-0.39, 0.29) is 24.5 Å². The van der Waals surface area contributed by atoms with Gasteiger partial charge in [0.1, 0.15) is 6.04 Å². The van der Waals surface area contributed by atoms with Gasteiger partial charge in [-0.1, -0.05) is 30.3 Å². The van der Waals surface area contributed by atoms with Crippen LogP contribution in [0.15, 0.2) is 30.3 Å². The monoisotopic (exact) mass is 459 g/mol. The van der Waals surface area contributed by atoms with Gasteiger partial charge < -0.3 is 30.2 Å². The third-order valence-electron chi connectivity index (χ3n) is 5.43. The summed E-state index contributed by atoms with van der Waals surface area (Å²) < 4.78 is 0. The Hall–Kier alpha value is -3.65. The molecule has 0 radical (unpaired) electrons. The minimum atomic E-state index is -1.82. The summed E-state index contributed by atoms with van der Waals surface area (Å²) >= 11 is 0. The molecule has 3 rings (SSSR count). The molecule has 11 heteroatoms. The zero-order valence-corrected chi connectivity index (χ0v) is 18.4. The summed E-state index contributed by atoms with van der Waals surface area (Å²) in [5, 5.41) is 27.0. The second-order valence-electron chi connectivity index (χ2n) is 7.65. The number of nitriles is 1. The van der Waals surface area contributed by atoms with Crippen LogP contribution in [0.5, 0.6) is 0 Å². The molecule has 0 aromatic heterocycles. The standard InChI is InChI=1S/C20H27N5O2.C2H2O4/c21-15-18-7-4-10-25(18)19(26)16-22-9-12-24-14-13-23(20(24)27)11-8-17-5-2-1-3-6-17;3-1(4)2(5)6/h1-3,5-6,18,22H,4,7-14,16H2;(H,3,4)(H,5,6). The summed E-state index contributed by atoms with van der Waals surface area (Å²) in [7, 11) is 0. The van der Waals surface area contributed by atoms with E-state index in [9.17, 15) is 9.59 Å². The molecule has 1 aromatic rings. The van der Waals surface area contributed by atoms with Gasteiger partial charge in [0.25, 0.3) is 0 Å². The van der Waals surface area contributed by atoms with E-state index in [0.717, 1.165) is 38.9 Å². The van der Waals surface area contributed by atoms with E-state index in [2.05, 4.69) is 23.5 Å². The molecule has 0 spiro atoms. The Labute approximate surface area is 192 Å². The molecule has 0 bridgehead atoms. The van der Waals surface area contributed by atoms with Crippen molar-refractivity contribution < 1.29 is 29.4 Å². The van der Waals surface area contributed by atoms with Gasteiger partial charge in [0.2, 0.25) is 5.91 Å². The second-order valence-corrected chi connectivity index (χ2v) is 7.65. The second kappa shape index (κ2) is 13.0. The van der Waals surface area contributed by atoms with Crippen molar-refractivity contribution in [2.45, 2.75) is 25.3 Å². The highest BCUT2D eigenvalue weighted by Crippen LogP contribution is 2.16. The maximum absolute atomic E-state index is 12.5. The van der Waals surface area contributed by atoms with Crippen molar-refractivity contribution >= 4 is 23.9 Å². The molecule has 33 heavy (non-hydrogen) atoms. The molecule has 11 nitrogen and oxygen atoms in total. The summed E-state index contributed by atoms with van der Waals surface area (Å²) in [6, 6.07) is 12.2. The lowest BCUT2D eigenvalue weighted by Crippen LogP contribution is -2.43. The number of hydrogen-bond donors (Lipinski definition) is 3. The first kappa shape index (κ1) is 25.6. The number of aliphatic carboxylic acids is 2. The molecule has 1 aromatic carbocycles. The van der Waals surface area contributed by atoms with Crippen LogP contribution in [0.4, 0.5) is 4.79 Å². The summed E-state index contributed by atoms with van der Waals surface area (Å²) in [6.45, 7) is 4.27. The predicted molar refractivity (Wildman–Crippen MR) is 117 cm³/mol. The Morgan fingerprint density at radius 2 is 1.67 bits per heavy atom. The first-order valence-electron chi connectivity index (χ1n) is 10.8. The number of nitrogens with zero attached hydrogens (tertiary/aromatic N) is 4. The minimum Gasteiger partial charge on any atom is -0.473 e. The molecular weight excluding hydrogens is 430 g/mol. The fraction of sp³-hybridized carbons (Fsp3) is 0.500. The zero-order chi connectivity index (χ0) is 24.2. The van der Waals surface area contributed by atoms with Gasteiger partial charge in [0.15, 0.2) is 0 Å². The lowest BCUT2D eigenvalue weighted by Gasteiger charge is -2.21. The average molecular weight is 460 g/mol. The first-order valence-corrected chi connectivity index (χ1v) is 10.8. The average Bonchev–Trinajstić information content (AvgIpc) is 3.43. The van der Waals surface area contributed by atoms with E-state index in [1.54, 1.807) is 4.90 Å². The molecule has 3 N–H and O–H groups in total. The van der Waals surface area contributed by atoms with Gasteiger partial charge in [-0.2, -0.15) is 5.26 Å². The van der Waals surface area contributed by atoms with Gasteiger partial charge in [0.05, 0.1) is 12.6 Å². The number of carbonyl (C=O) groups excluding carboxylic acids is 2. The molecule has 2 aliphatic rings. The smallest absolute Gasteiger partial charge is 0.414 e. The van der Waals surface area contributed by atoms with Crippen LogP contribution in [-0.4, -0.2) is 101 Å². The maximum atomic E-state index is 12.5. The highest BCUT2D eigenvalue weighted by atomic mass is 16.4. The van der Waals surface area contributed by atoms with E-state index in [0.29, 0.717) is 19.6 Å². The molecule has 1 unspecified atom stereocenters. The molecule has 3 amide bonds. The van der Waals surface area contributed by atoms with Crippen LogP contribution in [-0.2, 0) is 20.8 Å². The van der Waals surface area contributed by atoms with Crippen molar-refractivity contribution in [3.05, 3.63) is 35.9 Å². The SMILES string of the molecule is N#CC1CCCN1C(=O)CNCCN1CCN(CCc2ccccc2)C1=O.O=C(O)C(=O)O. The third kappa shape index (κ3) is 8.08. The molecule has 2 aliphatic heterocycles. The van der Waals surface area contributed by atoms with E-state index in [1.165, 1.54) is 5.56 Å². The van der Waals surface area contributed by atoms with Crippen molar-refractivity contribution in [1.29, 1.82) is 5.26 Å². The fourth-order valence-electron chi connectivity index (χ4n) is 3.67. The topological polar surface area (TPSA) is 154 Å². The van der Waals surface area contributed by atoms with Crippen LogP contribution in [0.25, 0.3) is 0 Å². The van der Waals surface area contributed by atoms with Crippen molar-refractivity contribution in [1.82, 2.24) is 20.0 Å². The van der Waals surface area contributed by atoms with E-state index in [4.69, 9.17) is 25.1 Å². The van der Waals surface area contributed by atoms with E-state index >= 15 is 0 Å². The lowest BCUT2D eigenvalue weighted by molar-refractivity contribution is -0.159. The number of nitrogens with one attached hydrogen (secondary N) is 1. The predicted octanol–water partition coefficient (Wildman–Crippen LogP) is 0.226. The van der Waals surface area contributed by atoms with Gasteiger partial charge in [-0.05, 0) is 24.8 Å². The number of likely N-dealkylation sites (tertiary alicyclic amines) is 1. The van der Waals surface area contributed by atoms with Crippen molar-refractivity contribution in [3.63, 3.8) is 0 Å². The molecular formula is C22H29N5O6. The first-order chi connectivity index (χ1) is 15.8. The number of carboxylic acid groups (broad SMARTS) is 2. The van der Waals surface area contributed by atoms with Gasteiger partial charge >= 0.3 is 18.0 Å². The number of carbonyl (C=O) groups is 4. The number of benzene rings is 1. The Morgan fingerprint density at radius 1 is 1.03 bits per heavy atom. The number of amides is 3. The summed E-state index contributed by atoms with van der Waals surface area (Å²) in [6.07, 6.45) is 2.53. The third-order valence-corrected chi connectivity index (χ3v) is 5.43. The number of hydrogen-bond acceptors (Lipinski definition) is 6. The van der Waals surface area contributed by atoms with Crippen LogP contribution in [0.3, 0.4) is 0 Å².